The van der Waals surface area contributed by atoms with Crippen molar-refractivity contribution in [2.24, 2.45) is 5.73 Å². The van der Waals surface area contributed by atoms with Gasteiger partial charge in [0.1, 0.15) is 12.4 Å². The Kier molecular flexibility index (Phi) is 6.22. The number of hydrogen-bond acceptors (Lipinski definition) is 3. The maximum absolute atomic E-state index is 11.5. The lowest BCUT2D eigenvalue weighted by Gasteiger charge is -2.12. The number of ether oxygens (including phenoxy) is 1. The Bertz CT molecular complexity index is 380. The molecule has 0 aliphatic rings. The van der Waals surface area contributed by atoms with Gasteiger partial charge in [-0.05, 0) is 31.0 Å². The van der Waals surface area contributed by atoms with Crippen LogP contribution in [0.25, 0.3) is 0 Å². The Morgan fingerprint density at radius 1 is 1.50 bits per heavy atom. The molecule has 4 heteroatoms. The van der Waals surface area contributed by atoms with Crippen molar-refractivity contribution >= 4 is 5.91 Å². The highest BCUT2D eigenvalue weighted by Crippen LogP contribution is 2.11. The molecule has 1 rings (SSSR count). The van der Waals surface area contributed by atoms with Crippen LogP contribution in [0.4, 0.5) is 0 Å². The number of benzene rings is 1. The molecule has 0 aliphatic heterocycles. The maximum atomic E-state index is 11.5. The second kappa shape index (κ2) is 7.71. The summed E-state index contributed by atoms with van der Waals surface area (Å²) in [5.41, 5.74) is 6.84. The zero-order valence-corrected chi connectivity index (χ0v) is 11.1. The molecule has 0 saturated carbocycles. The summed E-state index contributed by atoms with van der Waals surface area (Å²) < 4.78 is 5.52. The van der Waals surface area contributed by atoms with Crippen LogP contribution in [0.1, 0.15) is 25.3 Å². The molecule has 0 radical (unpaired) electrons. The lowest BCUT2D eigenvalue weighted by Crippen LogP contribution is -2.41. The van der Waals surface area contributed by atoms with E-state index in [-0.39, 0.29) is 5.91 Å². The number of hydrogen-bond donors (Lipinski definition) is 2. The van der Waals surface area contributed by atoms with Crippen LogP contribution < -0.4 is 15.8 Å². The van der Waals surface area contributed by atoms with E-state index in [0.29, 0.717) is 19.6 Å². The molecular weight excluding hydrogens is 228 g/mol. The molecule has 3 N–H and O–H groups in total. The summed E-state index contributed by atoms with van der Waals surface area (Å²) >= 11 is 0. The van der Waals surface area contributed by atoms with Crippen molar-refractivity contribution < 1.29 is 9.53 Å². The van der Waals surface area contributed by atoms with Gasteiger partial charge in [-0.2, -0.15) is 0 Å². The third-order valence-electron chi connectivity index (χ3n) is 2.60. The number of nitrogens with two attached hydrogens (primary N) is 1. The first-order chi connectivity index (χ1) is 8.63. The molecule has 0 heterocycles. The van der Waals surface area contributed by atoms with Gasteiger partial charge in [0.05, 0.1) is 12.6 Å². The van der Waals surface area contributed by atoms with Crippen LogP contribution in [0, 0.1) is 6.92 Å². The summed E-state index contributed by atoms with van der Waals surface area (Å²) in [6, 6.07) is 7.41. The highest BCUT2D eigenvalue weighted by Gasteiger charge is 2.10. The van der Waals surface area contributed by atoms with Gasteiger partial charge in [-0.3, -0.25) is 4.79 Å². The van der Waals surface area contributed by atoms with E-state index in [4.69, 9.17) is 10.5 Å². The fraction of sp³-hybridized carbons (Fsp3) is 0.500. The zero-order chi connectivity index (χ0) is 13.4. The smallest absolute Gasteiger partial charge is 0.237 e. The molecule has 0 aliphatic carbocycles. The summed E-state index contributed by atoms with van der Waals surface area (Å²) in [5, 5.41) is 2.76. The van der Waals surface area contributed by atoms with Crippen molar-refractivity contribution in [1.29, 1.82) is 0 Å². The number of carbonyl (C=O) groups excluding carboxylic acids is 1. The number of nitrogens with one attached hydrogen (secondary N) is 1. The quantitative estimate of drug-likeness (QED) is 0.723. The highest BCUT2D eigenvalue weighted by molar-refractivity contribution is 5.81. The summed E-state index contributed by atoms with van der Waals surface area (Å²) in [4.78, 5) is 11.5. The topological polar surface area (TPSA) is 64.4 Å². The molecule has 0 fully saturated rings. The van der Waals surface area contributed by atoms with Gasteiger partial charge in [0.2, 0.25) is 5.91 Å². The molecule has 1 aromatic rings. The summed E-state index contributed by atoms with van der Waals surface area (Å²) in [5.74, 6) is 0.715. The van der Waals surface area contributed by atoms with Crippen LogP contribution in [0.15, 0.2) is 24.3 Å². The molecule has 100 valence electrons. The molecule has 0 spiro atoms. The molecule has 4 nitrogen and oxygen atoms in total. The van der Waals surface area contributed by atoms with Crippen molar-refractivity contribution in [3.63, 3.8) is 0 Å². The summed E-state index contributed by atoms with van der Waals surface area (Å²) in [6.07, 6.45) is 1.62. The van der Waals surface area contributed by atoms with Crippen molar-refractivity contribution in [2.45, 2.75) is 32.7 Å². The lowest BCUT2D eigenvalue weighted by atomic mass is 10.2. The standard InChI is InChI=1S/C14H22N2O2/c1-3-5-13(15)14(17)16-8-9-18-12-7-4-6-11(2)10-12/h4,6-7,10,13H,3,5,8-9,15H2,1-2H3,(H,16,17). The average molecular weight is 250 g/mol. The first-order valence-corrected chi connectivity index (χ1v) is 6.36. The molecule has 1 atom stereocenters. The minimum Gasteiger partial charge on any atom is -0.492 e. The zero-order valence-electron chi connectivity index (χ0n) is 11.1. The van der Waals surface area contributed by atoms with Crippen molar-refractivity contribution in [1.82, 2.24) is 5.32 Å². The minimum absolute atomic E-state index is 0.107. The molecule has 0 bridgehead atoms. The Hall–Kier alpha value is -1.55. The predicted molar refractivity (Wildman–Crippen MR) is 72.6 cm³/mol. The third kappa shape index (κ3) is 5.19. The van der Waals surface area contributed by atoms with Crippen LogP contribution in [0.5, 0.6) is 5.75 Å². The van der Waals surface area contributed by atoms with Gasteiger partial charge >= 0.3 is 0 Å². The summed E-state index contributed by atoms with van der Waals surface area (Å²) in [6.45, 7) is 4.95. The van der Waals surface area contributed by atoms with Gasteiger partial charge in [0.15, 0.2) is 0 Å². The Labute approximate surface area is 109 Å². The monoisotopic (exact) mass is 250 g/mol. The van der Waals surface area contributed by atoms with E-state index in [1.807, 2.05) is 38.1 Å². The van der Waals surface area contributed by atoms with Crippen molar-refractivity contribution in [3.05, 3.63) is 29.8 Å². The maximum Gasteiger partial charge on any atom is 0.237 e. The van der Waals surface area contributed by atoms with E-state index in [2.05, 4.69) is 5.32 Å². The molecular formula is C14H22N2O2. The largest absolute Gasteiger partial charge is 0.492 e. The van der Waals surface area contributed by atoms with Gasteiger partial charge < -0.3 is 15.8 Å². The number of rotatable bonds is 7. The van der Waals surface area contributed by atoms with Crippen molar-refractivity contribution in [3.8, 4) is 5.75 Å². The van der Waals surface area contributed by atoms with E-state index in [1.54, 1.807) is 0 Å². The average Bonchev–Trinajstić information content (AvgIpc) is 2.35. The highest BCUT2D eigenvalue weighted by atomic mass is 16.5. The molecule has 0 saturated heterocycles. The van der Waals surface area contributed by atoms with E-state index in [9.17, 15) is 4.79 Å². The molecule has 1 unspecified atom stereocenters. The van der Waals surface area contributed by atoms with E-state index in [0.717, 1.165) is 17.7 Å². The lowest BCUT2D eigenvalue weighted by molar-refractivity contribution is -0.122. The van der Waals surface area contributed by atoms with Gasteiger partial charge in [0.25, 0.3) is 0 Å². The van der Waals surface area contributed by atoms with Gasteiger partial charge in [-0.25, -0.2) is 0 Å². The molecule has 18 heavy (non-hydrogen) atoms. The number of carbonyl (C=O) groups is 1. The normalized spacial score (nSPS) is 11.9. The second-order valence-electron chi connectivity index (χ2n) is 4.35. The Morgan fingerprint density at radius 2 is 2.28 bits per heavy atom. The van der Waals surface area contributed by atoms with E-state index < -0.39 is 6.04 Å². The van der Waals surface area contributed by atoms with Crippen molar-refractivity contribution in [2.75, 3.05) is 13.2 Å². The summed E-state index contributed by atoms with van der Waals surface area (Å²) in [7, 11) is 0. The third-order valence-corrected chi connectivity index (χ3v) is 2.60. The number of amides is 1. The van der Waals surface area contributed by atoms with Gasteiger partial charge in [-0.15, -0.1) is 0 Å². The second-order valence-corrected chi connectivity index (χ2v) is 4.35. The fourth-order valence-corrected chi connectivity index (χ4v) is 1.62. The minimum atomic E-state index is -0.408. The van der Waals surface area contributed by atoms with Crippen LogP contribution in [-0.4, -0.2) is 25.1 Å². The van der Waals surface area contributed by atoms with Gasteiger partial charge in [-0.1, -0.05) is 25.5 Å². The van der Waals surface area contributed by atoms with E-state index in [1.165, 1.54) is 0 Å². The first-order valence-electron chi connectivity index (χ1n) is 6.36. The first kappa shape index (κ1) is 14.5. The molecule has 1 amide bonds. The van der Waals surface area contributed by atoms with Crippen LogP contribution in [-0.2, 0) is 4.79 Å². The fourth-order valence-electron chi connectivity index (χ4n) is 1.62. The van der Waals surface area contributed by atoms with Crippen LogP contribution in [0.2, 0.25) is 0 Å². The van der Waals surface area contributed by atoms with Crippen LogP contribution >= 0.6 is 0 Å². The molecule has 0 aromatic heterocycles. The van der Waals surface area contributed by atoms with E-state index >= 15 is 0 Å². The Balaban J connectivity index is 2.21. The Morgan fingerprint density at radius 3 is 2.94 bits per heavy atom. The SMILES string of the molecule is CCCC(N)C(=O)NCCOc1cccc(C)c1. The predicted octanol–water partition coefficient (Wildman–Crippen LogP) is 1.62. The van der Waals surface area contributed by atoms with Gasteiger partial charge in [0, 0.05) is 0 Å². The van der Waals surface area contributed by atoms with Crippen LogP contribution in [0.3, 0.4) is 0 Å². The number of aryl methyl sites for hydroxylation is 1. The molecule has 1 aromatic carbocycles.